The Morgan fingerprint density at radius 2 is 1.89 bits per heavy atom. The molecule has 0 fully saturated rings. The van der Waals surface area contributed by atoms with E-state index in [9.17, 15) is 13.6 Å². The number of para-hydroxylation sites is 1. The van der Waals surface area contributed by atoms with Gasteiger partial charge < -0.3 is 0 Å². The monoisotopic (exact) mass is 259 g/mol. The van der Waals surface area contributed by atoms with Crippen molar-refractivity contribution in [2.45, 2.75) is 0 Å². The van der Waals surface area contributed by atoms with Crippen LogP contribution < -0.4 is 0 Å². The summed E-state index contributed by atoms with van der Waals surface area (Å²) in [6.07, 6.45) is 0. The van der Waals surface area contributed by atoms with Crippen molar-refractivity contribution in [1.82, 2.24) is 15.0 Å². The molecule has 0 N–H and O–H groups in total. The Hall–Kier alpha value is -2.63. The number of hydrogen-bond acceptors (Lipinski definition) is 3. The van der Waals surface area contributed by atoms with Gasteiger partial charge in [-0.2, -0.15) is 4.68 Å². The summed E-state index contributed by atoms with van der Waals surface area (Å²) < 4.78 is 27.4. The molecule has 6 heteroatoms. The van der Waals surface area contributed by atoms with E-state index in [-0.39, 0.29) is 5.56 Å². The first kappa shape index (κ1) is 11.5. The van der Waals surface area contributed by atoms with Crippen molar-refractivity contribution in [3.8, 4) is 0 Å². The Balaban J connectivity index is 2.13. The van der Waals surface area contributed by atoms with Crippen LogP contribution in [0.25, 0.3) is 11.0 Å². The fraction of sp³-hybridized carbons (Fsp3) is 0. The summed E-state index contributed by atoms with van der Waals surface area (Å²) in [5.41, 5.74) is 0.742. The molecule has 94 valence electrons. The molecule has 0 radical (unpaired) electrons. The third-order valence-electron chi connectivity index (χ3n) is 2.71. The molecule has 4 nitrogen and oxygen atoms in total. The molecule has 1 heterocycles. The second-order valence-electron chi connectivity index (χ2n) is 3.92. The van der Waals surface area contributed by atoms with Gasteiger partial charge in [-0.15, -0.1) is 5.10 Å². The highest BCUT2D eigenvalue weighted by atomic mass is 19.1. The van der Waals surface area contributed by atoms with Crippen LogP contribution in [0, 0.1) is 11.6 Å². The number of halogens is 2. The summed E-state index contributed by atoms with van der Waals surface area (Å²) in [6, 6.07) is 9.58. The van der Waals surface area contributed by atoms with E-state index in [1.807, 2.05) is 0 Å². The van der Waals surface area contributed by atoms with Crippen LogP contribution >= 0.6 is 0 Å². The molecule has 0 amide bonds. The molecule has 0 unspecified atom stereocenters. The maximum Gasteiger partial charge on any atom is 0.283 e. The summed E-state index contributed by atoms with van der Waals surface area (Å²) in [5, 5.41) is 7.50. The quantitative estimate of drug-likeness (QED) is 0.674. The molecular weight excluding hydrogens is 252 g/mol. The zero-order valence-electron chi connectivity index (χ0n) is 9.55. The number of benzene rings is 2. The van der Waals surface area contributed by atoms with Gasteiger partial charge in [-0.05, 0) is 24.3 Å². The van der Waals surface area contributed by atoms with Crippen LogP contribution in [0.5, 0.6) is 0 Å². The van der Waals surface area contributed by atoms with Crippen molar-refractivity contribution in [1.29, 1.82) is 0 Å². The lowest BCUT2D eigenvalue weighted by Gasteiger charge is -2.02. The van der Waals surface area contributed by atoms with Gasteiger partial charge in [0.1, 0.15) is 17.2 Å². The minimum Gasteiger partial charge on any atom is -0.267 e. The second-order valence-corrected chi connectivity index (χ2v) is 3.92. The Morgan fingerprint density at radius 1 is 1.11 bits per heavy atom. The van der Waals surface area contributed by atoms with Gasteiger partial charge in [0.15, 0.2) is 0 Å². The minimum absolute atomic E-state index is 0.253. The molecule has 0 aliphatic carbocycles. The molecule has 2 aromatic carbocycles. The van der Waals surface area contributed by atoms with Gasteiger partial charge in [0.25, 0.3) is 5.91 Å². The van der Waals surface area contributed by atoms with E-state index < -0.39 is 17.5 Å². The van der Waals surface area contributed by atoms with E-state index >= 15 is 0 Å². The third kappa shape index (κ3) is 1.87. The van der Waals surface area contributed by atoms with Crippen molar-refractivity contribution in [3.05, 3.63) is 59.7 Å². The van der Waals surface area contributed by atoms with Crippen LogP contribution in [0.4, 0.5) is 8.78 Å². The van der Waals surface area contributed by atoms with Gasteiger partial charge in [0.05, 0.1) is 11.1 Å². The number of fused-ring (bicyclic) bond motifs is 1. The zero-order valence-corrected chi connectivity index (χ0v) is 9.55. The van der Waals surface area contributed by atoms with Gasteiger partial charge in [-0.3, -0.25) is 4.79 Å². The molecule has 0 saturated carbocycles. The van der Waals surface area contributed by atoms with E-state index in [0.717, 1.165) is 16.8 Å². The summed E-state index contributed by atoms with van der Waals surface area (Å²) in [6.45, 7) is 0. The Labute approximate surface area is 106 Å². The molecule has 0 aliphatic heterocycles. The van der Waals surface area contributed by atoms with Crippen LogP contribution in [0.2, 0.25) is 0 Å². The lowest BCUT2D eigenvalue weighted by atomic mass is 10.2. The number of aromatic nitrogens is 3. The van der Waals surface area contributed by atoms with E-state index in [0.29, 0.717) is 17.1 Å². The van der Waals surface area contributed by atoms with Crippen molar-refractivity contribution < 1.29 is 13.6 Å². The van der Waals surface area contributed by atoms with Crippen molar-refractivity contribution in [3.63, 3.8) is 0 Å². The maximum absolute atomic E-state index is 13.6. The van der Waals surface area contributed by atoms with Crippen LogP contribution in [0.15, 0.2) is 42.5 Å². The van der Waals surface area contributed by atoms with Gasteiger partial charge in [-0.25, -0.2) is 8.78 Å². The first-order valence-corrected chi connectivity index (χ1v) is 5.47. The van der Waals surface area contributed by atoms with Crippen LogP contribution in [-0.2, 0) is 0 Å². The number of carbonyl (C=O) groups excluding carboxylic acids is 1. The Morgan fingerprint density at radius 3 is 2.68 bits per heavy atom. The largest absolute Gasteiger partial charge is 0.283 e. The topological polar surface area (TPSA) is 47.8 Å². The minimum atomic E-state index is -0.926. The van der Waals surface area contributed by atoms with Gasteiger partial charge in [-0.1, -0.05) is 17.3 Å². The SMILES string of the molecule is O=C(c1ccc(F)cc1F)n1nnc2ccccc21. The average molecular weight is 259 g/mol. The van der Waals surface area contributed by atoms with Gasteiger partial charge in [0, 0.05) is 6.07 Å². The van der Waals surface area contributed by atoms with E-state index in [4.69, 9.17) is 0 Å². The lowest BCUT2D eigenvalue weighted by Crippen LogP contribution is -2.15. The molecule has 1 aromatic heterocycles. The molecule has 0 atom stereocenters. The lowest BCUT2D eigenvalue weighted by molar-refractivity contribution is 0.0944. The number of nitrogens with zero attached hydrogens (tertiary/aromatic N) is 3. The van der Waals surface area contributed by atoms with Gasteiger partial charge >= 0.3 is 0 Å². The highest BCUT2D eigenvalue weighted by molar-refractivity contribution is 6.00. The fourth-order valence-electron chi connectivity index (χ4n) is 1.80. The first-order chi connectivity index (χ1) is 9.16. The number of hydrogen-bond donors (Lipinski definition) is 0. The predicted octanol–water partition coefficient (Wildman–Crippen LogP) is 2.40. The second kappa shape index (κ2) is 4.24. The molecule has 19 heavy (non-hydrogen) atoms. The van der Waals surface area contributed by atoms with E-state index in [2.05, 4.69) is 10.3 Å². The Bertz CT molecular complexity index is 782. The van der Waals surface area contributed by atoms with Gasteiger partial charge in [0.2, 0.25) is 0 Å². The fourth-order valence-corrected chi connectivity index (χ4v) is 1.80. The highest BCUT2D eigenvalue weighted by Crippen LogP contribution is 2.15. The molecule has 3 rings (SSSR count). The maximum atomic E-state index is 13.6. The third-order valence-corrected chi connectivity index (χ3v) is 2.71. The summed E-state index contributed by atoms with van der Waals surface area (Å²) in [7, 11) is 0. The highest BCUT2D eigenvalue weighted by Gasteiger charge is 2.17. The number of rotatable bonds is 1. The van der Waals surface area contributed by atoms with Crippen molar-refractivity contribution in [2.24, 2.45) is 0 Å². The molecule has 0 aliphatic rings. The normalized spacial score (nSPS) is 10.8. The predicted molar refractivity (Wildman–Crippen MR) is 63.6 cm³/mol. The molecule has 3 aromatic rings. The smallest absolute Gasteiger partial charge is 0.267 e. The average Bonchev–Trinajstić information content (AvgIpc) is 2.82. The molecular formula is C13H7F2N3O. The molecule has 0 bridgehead atoms. The summed E-state index contributed by atoms with van der Waals surface area (Å²) in [4.78, 5) is 12.2. The zero-order chi connectivity index (χ0) is 13.4. The van der Waals surface area contributed by atoms with E-state index in [1.54, 1.807) is 24.3 Å². The summed E-state index contributed by atoms with van der Waals surface area (Å²) >= 11 is 0. The first-order valence-electron chi connectivity index (χ1n) is 5.47. The van der Waals surface area contributed by atoms with Crippen molar-refractivity contribution in [2.75, 3.05) is 0 Å². The van der Waals surface area contributed by atoms with Crippen molar-refractivity contribution >= 4 is 16.9 Å². The molecule has 0 spiro atoms. The molecule has 0 saturated heterocycles. The summed E-state index contributed by atoms with van der Waals surface area (Å²) in [5.74, 6) is -2.35. The number of carbonyl (C=O) groups is 1. The van der Waals surface area contributed by atoms with Crippen LogP contribution in [0.3, 0.4) is 0 Å². The standard InChI is InChI=1S/C13H7F2N3O/c14-8-5-6-9(10(15)7-8)13(19)18-12-4-2-1-3-11(12)16-17-18/h1-7H. The van der Waals surface area contributed by atoms with Crippen LogP contribution in [0.1, 0.15) is 10.4 Å². The van der Waals surface area contributed by atoms with E-state index in [1.165, 1.54) is 0 Å². The Kier molecular flexibility index (Phi) is 2.56. The van der Waals surface area contributed by atoms with Crippen LogP contribution in [-0.4, -0.2) is 20.9 Å².